The molecule has 0 atom stereocenters. The maximum atomic E-state index is 14.1. The maximum absolute atomic E-state index is 14.1. The van der Waals surface area contributed by atoms with E-state index >= 15 is 0 Å². The fraction of sp³-hybridized carbons (Fsp3) is 0.250. The van der Waals surface area contributed by atoms with Crippen molar-refractivity contribution in [2.45, 2.75) is 19.5 Å². The molecule has 6 heteroatoms. The van der Waals surface area contributed by atoms with E-state index in [0.29, 0.717) is 11.4 Å². The Labute approximate surface area is 112 Å². The van der Waals surface area contributed by atoms with Crippen LogP contribution in [0.15, 0.2) is 16.6 Å². The largest absolute Gasteiger partial charge is 0.363 e. The summed E-state index contributed by atoms with van der Waals surface area (Å²) in [5.74, 6) is -1.35. The molecular weight excluding hydrogens is 304 g/mol. The molecule has 0 aliphatic carbocycles. The molecule has 0 spiro atoms. The first-order valence-electron chi connectivity index (χ1n) is 5.30. The van der Waals surface area contributed by atoms with Gasteiger partial charge in [-0.15, -0.1) is 0 Å². The molecule has 1 aromatic carbocycles. The topological polar surface area (TPSA) is 47.9 Å². The van der Waals surface area contributed by atoms with Crippen molar-refractivity contribution < 1.29 is 8.78 Å². The molecule has 0 fully saturated rings. The highest BCUT2D eigenvalue weighted by Gasteiger charge is 2.30. The molecule has 0 radical (unpaired) electrons. The van der Waals surface area contributed by atoms with Crippen molar-refractivity contribution in [3.63, 3.8) is 0 Å². The predicted octanol–water partition coefficient (Wildman–Crippen LogP) is 3.47. The molecule has 0 saturated carbocycles. The third kappa shape index (κ3) is 2.12. The Bertz CT molecular complexity index is 553. The SMILES string of the molecule is CC1(C)N/C(=C\C=N)c2c(cc(F)c(Br)c2F)N1. The lowest BCUT2D eigenvalue weighted by Gasteiger charge is -2.37. The highest BCUT2D eigenvalue weighted by Crippen LogP contribution is 2.37. The van der Waals surface area contributed by atoms with E-state index in [1.165, 1.54) is 12.1 Å². The molecular formula is C12H12BrF2N3. The molecule has 0 saturated heterocycles. The van der Waals surface area contributed by atoms with Crippen LogP contribution in [0.25, 0.3) is 5.70 Å². The minimum atomic E-state index is -0.686. The Balaban J connectivity index is 2.71. The second kappa shape index (κ2) is 4.35. The summed E-state index contributed by atoms with van der Waals surface area (Å²) in [6.07, 6.45) is 2.50. The molecule has 0 bridgehead atoms. The number of rotatable bonds is 1. The molecule has 3 N–H and O–H groups in total. The molecule has 2 rings (SSSR count). The molecule has 0 unspecified atom stereocenters. The van der Waals surface area contributed by atoms with E-state index in [1.54, 1.807) is 0 Å². The highest BCUT2D eigenvalue weighted by atomic mass is 79.9. The lowest BCUT2D eigenvalue weighted by molar-refractivity contribution is 0.498. The fourth-order valence-corrected chi connectivity index (χ4v) is 2.25. The van der Waals surface area contributed by atoms with Gasteiger partial charge in [0.2, 0.25) is 0 Å². The van der Waals surface area contributed by atoms with Crippen molar-refractivity contribution in [1.82, 2.24) is 5.32 Å². The number of fused-ring (bicyclic) bond motifs is 1. The Morgan fingerprint density at radius 2 is 2.00 bits per heavy atom. The van der Waals surface area contributed by atoms with Crippen molar-refractivity contribution in [1.29, 1.82) is 5.41 Å². The maximum Gasteiger partial charge on any atom is 0.151 e. The third-order valence-corrected chi connectivity index (χ3v) is 3.30. The van der Waals surface area contributed by atoms with Crippen LogP contribution in [0.4, 0.5) is 14.5 Å². The van der Waals surface area contributed by atoms with Crippen LogP contribution in [-0.4, -0.2) is 11.9 Å². The Kier molecular flexibility index (Phi) is 3.14. The third-order valence-electron chi connectivity index (χ3n) is 2.58. The van der Waals surface area contributed by atoms with Crippen LogP contribution in [-0.2, 0) is 0 Å². The lowest BCUT2D eigenvalue weighted by Crippen LogP contribution is -2.48. The summed E-state index contributed by atoms with van der Waals surface area (Å²) in [7, 11) is 0. The van der Waals surface area contributed by atoms with Gasteiger partial charge in [-0.3, -0.25) is 0 Å². The van der Waals surface area contributed by atoms with Gasteiger partial charge in [-0.2, -0.15) is 0 Å². The van der Waals surface area contributed by atoms with Crippen LogP contribution in [0.3, 0.4) is 0 Å². The number of halogens is 3. The monoisotopic (exact) mass is 315 g/mol. The smallest absolute Gasteiger partial charge is 0.151 e. The fourth-order valence-electron chi connectivity index (χ4n) is 1.93. The van der Waals surface area contributed by atoms with Gasteiger partial charge in [0, 0.05) is 11.9 Å². The van der Waals surface area contributed by atoms with Gasteiger partial charge < -0.3 is 16.0 Å². The molecule has 0 amide bonds. The molecule has 1 aromatic rings. The zero-order valence-corrected chi connectivity index (χ0v) is 11.5. The van der Waals surface area contributed by atoms with Gasteiger partial charge >= 0.3 is 0 Å². The number of hydrogen-bond donors (Lipinski definition) is 3. The van der Waals surface area contributed by atoms with Gasteiger partial charge in [0.1, 0.15) is 11.5 Å². The quantitative estimate of drug-likeness (QED) is 0.549. The van der Waals surface area contributed by atoms with Crippen molar-refractivity contribution in [3.8, 4) is 0 Å². The molecule has 0 aromatic heterocycles. The summed E-state index contributed by atoms with van der Waals surface area (Å²) in [6, 6.07) is 1.24. The first kappa shape index (κ1) is 13.0. The van der Waals surface area contributed by atoms with Crippen LogP contribution in [0.1, 0.15) is 19.4 Å². The van der Waals surface area contributed by atoms with Crippen molar-refractivity contribution >= 4 is 33.5 Å². The summed E-state index contributed by atoms with van der Waals surface area (Å²) < 4.78 is 27.4. The molecule has 18 heavy (non-hydrogen) atoms. The van der Waals surface area contributed by atoms with Gasteiger partial charge in [0.25, 0.3) is 0 Å². The summed E-state index contributed by atoms with van der Waals surface area (Å²) in [5.41, 5.74) is 0.493. The van der Waals surface area contributed by atoms with E-state index < -0.39 is 17.3 Å². The standard InChI is InChI=1S/C12H12BrF2N3/c1-12(2)17-7(3-4-16)9-8(18-12)5-6(14)10(13)11(9)15/h3-5,16-18H,1-2H3/b7-3-,16-4?. The second-order valence-electron chi connectivity index (χ2n) is 4.53. The van der Waals surface area contributed by atoms with Crippen LogP contribution < -0.4 is 10.6 Å². The van der Waals surface area contributed by atoms with E-state index in [0.717, 1.165) is 6.21 Å². The summed E-state index contributed by atoms with van der Waals surface area (Å²) in [5, 5.41) is 13.2. The van der Waals surface area contributed by atoms with Crippen LogP contribution >= 0.6 is 15.9 Å². The minimum absolute atomic E-state index is 0.208. The van der Waals surface area contributed by atoms with E-state index in [2.05, 4.69) is 26.6 Å². The van der Waals surface area contributed by atoms with Gasteiger partial charge in [-0.1, -0.05) is 0 Å². The van der Waals surface area contributed by atoms with Gasteiger partial charge in [-0.25, -0.2) is 8.78 Å². The first-order chi connectivity index (χ1) is 8.35. The van der Waals surface area contributed by atoms with Gasteiger partial charge in [0.05, 0.1) is 15.7 Å². The summed E-state index contributed by atoms with van der Waals surface area (Å²) in [6.45, 7) is 3.68. The Hall–Kier alpha value is -1.43. The number of benzene rings is 1. The van der Waals surface area contributed by atoms with Crippen molar-refractivity contribution in [2.75, 3.05) is 5.32 Å². The van der Waals surface area contributed by atoms with E-state index in [1.807, 2.05) is 13.8 Å². The summed E-state index contributed by atoms with van der Waals surface area (Å²) in [4.78, 5) is 0. The van der Waals surface area contributed by atoms with Gasteiger partial charge in [0.15, 0.2) is 5.82 Å². The zero-order valence-electron chi connectivity index (χ0n) is 9.87. The number of allylic oxidation sites excluding steroid dienone is 1. The normalized spacial score (nSPS) is 18.8. The van der Waals surface area contributed by atoms with Gasteiger partial charge in [-0.05, 0) is 41.9 Å². The molecule has 1 aliphatic rings. The first-order valence-corrected chi connectivity index (χ1v) is 6.10. The van der Waals surface area contributed by atoms with Crippen LogP contribution in [0.2, 0.25) is 0 Å². The minimum Gasteiger partial charge on any atom is -0.363 e. The average molecular weight is 316 g/mol. The molecule has 3 nitrogen and oxygen atoms in total. The number of nitrogens with one attached hydrogen (secondary N) is 3. The predicted molar refractivity (Wildman–Crippen MR) is 71.7 cm³/mol. The van der Waals surface area contributed by atoms with Crippen molar-refractivity contribution in [3.05, 3.63) is 33.8 Å². The van der Waals surface area contributed by atoms with Crippen LogP contribution in [0, 0.1) is 17.0 Å². The molecule has 1 aliphatic heterocycles. The number of anilines is 1. The Morgan fingerprint density at radius 1 is 1.33 bits per heavy atom. The van der Waals surface area contributed by atoms with Crippen LogP contribution in [0.5, 0.6) is 0 Å². The van der Waals surface area contributed by atoms with E-state index in [9.17, 15) is 8.78 Å². The second-order valence-corrected chi connectivity index (χ2v) is 5.32. The van der Waals surface area contributed by atoms with E-state index in [-0.39, 0.29) is 10.0 Å². The highest BCUT2D eigenvalue weighted by molar-refractivity contribution is 9.10. The average Bonchev–Trinajstić information content (AvgIpc) is 2.24. The van der Waals surface area contributed by atoms with Crippen molar-refractivity contribution in [2.24, 2.45) is 0 Å². The molecule has 96 valence electrons. The number of hydrogen-bond acceptors (Lipinski definition) is 3. The van der Waals surface area contributed by atoms with E-state index in [4.69, 9.17) is 5.41 Å². The Morgan fingerprint density at radius 3 is 2.61 bits per heavy atom. The summed E-state index contributed by atoms with van der Waals surface area (Å²) >= 11 is 2.88. The zero-order chi connectivity index (χ0) is 13.5. The molecule has 1 heterocycles. The lowest BCUT2D eigenvalue weighted by atomic mass is 10.0.